The third-order valence-corrected chi connectivity index (χ3v) is 4.16. The zero-order valence-electron chi connectivity index (χ0n) is 8.49. The summed E-state index contributed by atoms with van der Waals surface area (Å²) in [4.78, 5) is 0. The number of ether oxygens (including phenoxy) is 2. The van der Waals surface area contributed by atoms with Gasteiger partial charge in [0.25, 0.3) is 0 Å². The van der Waals surface area contributed by atoms with Crippen molar-refractivity contribution in [3.8, 4) is 0 Å². The van der Waals surface area contributed by atoms with Crippen molar-refractivity contribution < 1.29 is 18.2 Å². The molecule has 2 aliphatic rings. The summed E-state index contributed by atoms with van der Waals surface area (Å²) in [5, 5.41) is 0. The van der Waals surface area contributed by atoms with Gasteiger partial charge in [-0.25, -0.2) is 4.21 Å². The Morgan fingerprint density at radius 2 is 2.14 bits per heavy atom. The first kappa shape index (κ1) is 10.5. The molecule has 82 valence electrons. The molecule has 0 bridgehead atoms. The molecule has 0 aromatic carbocycles. The van der Waals surface area contributed by atoms with Crippen LogP contribution in [0.4, 0.5) is 0 Å². The van der Waals surface area contributed by atoms with E-state index in [9.17, 15) is 4.21 Å². The second-order valence-corrected chi connectivity index (χ2v) is 5.95. The molecule has 1 saturated heterocycles. The Morgan fingerprint density at radius 3 is 2.50 bits per heavy atom. The van der Waals surface area contributed by atoms with E-state index >= 15 is 0 Å². The largest absolute Gasteiger partial charge is 0.348 e. The van der Waals surface area contributed by atoms with Crippen molar-refractivity contribution in [3.63, 3.8) is 0 Å². The Kier molecular flexibility index (Phi) is 2.46. The van der Waals surface area contributed by atoms with Gasteiger partial charge in [-0.05, 0) is 33.1 Å². The van der Waals surface area contributed by atoms with E-state index in [-0.39, 0.29) is 6.10 Å². The van der Waals surface area contributed by atoms with E-state index in [2.05, 4.69) is 0 Å². The van der Waals surface area contributed by atoms with E-state index in [1.54, 1.807) is 0 Å². The lowest BCUT2D eigenvalue weighted by molar-refractivity contribution is -0.139. The molecule has 0 amide bonds. The fourth-order valence-corrected chi connectivity index (χ4v) is 2.65. The first-order valence-electron chi connectivity index (χ1n) is 4.86. The molecule has 0 radical (unpaired) electrons. The third-order valence-electron chi connectivity index (χ3n) is 2.85. The quantitative estimate of drug-likeness (QED) is 0.728. The van der Waals surface area contributed by atoms with Crippen molar-refractivity contribution in [3.05, 3.63) is 0 Å². The van der Waals surface area contributed by atoms with E-state index in [4.69, 9.17) is 14.0 Å². The van der Waals surface area contributed by atoms with Gasteiger partial charge in [0.2, 0.25) is 0 Å². The van der Waals surface area contributed by atoms with E-state index in [0.717, 1.165) is 12.8 Å². The highest BCUT2D eigenvalue weighted by Crippen LogP contribution is 2.46. The summed E-state index contributed by atoms with van der Waals surface area (Å²) in [6, 6.07) is 0. The summed E-state index contributed by atoms with van der Waals surface area (Å²) in [5.41, 5.74) is 0. The molecule has 5 heteroatoms. The Balaban J connectivity index is 1.91. The van der Waals surface area contributed by atoms with Crippen LogP contribution in [0.2, 0.25) is 0 Å². The molecule has 1 aliphatic heterocycles. The van der Waals surface area contributed by atoms with Gasteiger partial charge >= 0.3 is 0 Å². The van der Waals surface area contributed by atoms with Crippen molar-refractivity contribution in [1.29, 1.82) is 0 Å². The van der Waals surface area contributed by atoms with Gasteiger partial charge in [-0.15, -0.1) is 0 Å². The van der Waals surface area contributed by atoms with Crippen LogP contribution >= 0.6 is 0 Å². The molecule has 1 heterocycles. The summed E-state index contributed by atoms with van der Waals surface area (Å²) in [6.45, 7) is 4.26. The van der Waals surface area contributed by atoms with Crippen molar-refractivity contribution in [2.75, 3.05) is 6.61 Å². The molecule has 1 N–H and O–H groups in total. The van der Waals surface area contributed by atoms with Crippen LogP contribution in [0, 0.1) is 0 Å². The van der Waals surface area contributed by atoms with E-state index in [1.165, 1.54) is 0 Å². The zero-order valence-corrected chi connectivity index (χ0v) is 9.30. The molecule has 0 aromatic rings. The summed E-state index contributed by atoms with van der Waals surface area (Å²) in [5.74, 6) is -0.530. The SMILES string of the molecule is CC1(C)OC[C@H](CC2(S(=O)O)CC2)O1. The Bertz CT molecular complexity index is 260. The fourth-order valence-electron chi connectivity index (χ4n) is 1.87. The van der Waals surface area contributed by atoms with Crippen molar-refractivity contribution in [1.82, 2.24) is 0 Å². The third kappa shape index (κ3) is 2.00. The number of hydrogen-bond donors (Lipinski definition) is 1. The Hall–Kier alpha value is 0.0300. The average molecular weight is 220 g/mol. The predicted octanol–water partition coefficient (Wildman–Crippen LogP) is 1.28. The van der Waals surface area contributed by atoms with Gasteiger partial charge in [-0.1, -0.05) is 0 Å². The lowest BCUT2D eigenvalue weighted by Crippen LogP contribution is -2.27. The topological polar surface area (TPSA) is 55.8 Å². The molecule has 1 saturated carbocycles. The van der Waals surface area contributed by atoms with Gasteiger partial charge in [0, 0.05) is 0 Å². The highest BCUT2D eigenvalue weighted by Gasteiger charge is 2.51. The van der Waals surface area contributed by atoms with Crippen LogP contribution in [0.5, 0.6) is 0 Å². The second kappa shape index (κ2) is 3.27. The van der Waals surface area contributed by atoms with Gasteiger partial charge in [-0.2, -0.15) is 0 Å². The number of hydrogen-bond acceptors (Lipinski definition) is 3. The maximum Gasteiger partial charge on any atom is 0.163 e. The predicted molar refractivity (Wildman–Crippen MR) is 52.3 cm³/mol. The fraction of sp³-hybridized carbons (Fsp3) is 1.00. The summed E-state index contributed by atoms with van der Waals surface area (Å²) in [6.07, 6.45) is 2.27. The molecule has 0 aromatic heterocycles. The molecule has 14 heavy (non-hydrogen) atoms. The van der Waals surface area contributed by atoms with Gasteiger partial charge in [0.1, 0.15) is 0 Å². The van der Waals surface area contributed by atoms with E-state index in [0.29, 0.717) is 13.0 Å². The van der Waals surface area contributed by atoms with Gasteiger partial charge in [0.15, 0.2) is 16.9 Å². The van der Waals surface area contributed by atoms with Gasteiger partial charge in [0.05, 0.1) is 17.5 Å². The molecular formula is C9H16O4S. The minimum absolute atomic E-state index is 0.0244. The molecule has 2 atom stereocenters. The number of rotatable bonds is 3. The average Bonchev–Trinajstić information content (AvgIpc) is 2.74. The minimum Gasteiger partial charge on any atom is -0.348 e. The van der Waals surface area contributed by atoms with Crippen molar-refractivity contribution in [2.24, 2.45) is 0 Å². The van der Waals surface area contributed by atoms with Gasteiger partial charge < -0.3 is 14.0 Å². The van der Waals surface area contributed by atoms with Crippen LogP contribution in [-0.4, -0.2) is 32.0 Å². The van der Waals surface area contributed by atoms with Crippen molar-refractivity contribution in [2.45, 2.75) is 49.7 Å². The molecular weight excluding hydrogens is 204 g/mol. The van der Waals surface area contributed by atoms with Crippen LogP contribution in [-0.2, 0) is 20.6 Å². The standard InChI is InChI=1S/C9H16O4S/c1-8(2)12-6-7(13-8)5-9(3-4-9)14(10)11/h7H,3-6H2,1-2H3,(H,10,11)/t7-/m0/s1. The summed E-state index contributed by atoms with van der Waals surface area (Å²) < 4.78 is 30.8. The van der Waals surface area contributed by atoms with Crippen LogP contribution in [0.25, 0.3) is 0 Å². The Morgan fingerprint density at radius 1 is 1.50 bits per heavy atom. The zero-order chi connectivity index (χ0) is 10.4. The Labute approximate surface area is 86.3 Å². The lowest BCUT2D eigenvalue weighted by atomic mass is 10.2. The molecule has 1 unspecified atom stereocenters. The molecule has 4 nitrogen and oxygen atoms in total. The maximum absolute atomic E-state index is 11.0. The monoisotopic (exact) mass is 220 g/mol. The lowest BCUT2D eigenvalue weighted by Gasteiger charge is -2.19. The minimum atomic E-state index is -1.72. The maximum atomic E-state index is 11.0. The van der Waals surface area contributed by atoms with E-state index < -0.39 is 21.6 Å². The van der Waals surface area contributed by atoms with Crippen LogP contribution in [0.1, 0.15) is 33.1 Å². The van der Waals surface area contributed by atoms with E-state index in [1.807, 2.05) is 13.8 Å². The van der Waals surface area contributed by atoms with Crippen LogP contribution < -0.4 is 0 Å². The highest BCUT2D eigenvalue weighted by atomic mass is 32.2. The first-order valence-corrected chi connectivity index (χ1v) is 5.97. The molecule has 2 fully saturated rings. The summed E-state index contributed by atoms with van der Waals surface area (Å²) >= 11 is -1.72. The van der Waals surface area contributed by atoms with Crippen molar-refractivity contribution >= 4 is 11.1 Å². The van der Waals surface area contributed by atoms with Gasteiger partial charge in [-0.3, -0.25) is 0 Å². The second-order valence-electron chi connectivity index (χ2n) is 4.59. The van der Waals surface area contributed by atoms with Crippen LogP contribution in [0.15, 0.2) is 0 Å². The first-order chi connectivity index (χ1) is 6.44. The molecule has 1 aliphatic carbocycles. The smallest absolute Gasteiger partial charge is 0.163 e. The normalized spacial score (nSPS) is 35.5. The molecule has 0 spiro atoms. The molecule has 2 rings (SSSR count). The summed E-state index contributed by atoms with van der Waals surface area (Å²) in [7, 11) is 0. The van der Waals surface area contributed by atoms with Crippen LogP contribution in [0.3, 0.4) is 0 Å². The highest BCUT2D eigenvalue weighted by molar-refractivity contribution is 7.81.